The third kappa shape index (κ3) is 3.43. The van der Waals surface area contributed by atoms with Crippen LogP contribution in [0.1, 0.15) is 23.9 Å². The maximum atomic E-state index is 5.71. The van der Waals surface area contributed by atoms with Gasteiger partial charge < -0.3 is 4.74 Å². The van der Waals surface area contributed by atoms with Crippen molar-refractivity contribution in [2.24, 2.45) is 5.84 Å². The van der Waals surface area contributed by atoms with Crippen LogP contribution in [-0.4, -0.2) is 28.5 Å². The number of hydrogen-bond donors (Lipinski definition) is 2. The highest BCUT2D eigenvalue weighted by Crippen LogP contribution is 2.25. The Bertz CT molecular complexity index is 545. The van der Waals surface area contributed by atoms with Crippen LogP contribution in [0.3, 0.4) is 0 Å². The molecule has 6 nitrogen and oxygen atoms in total. The summed E-state index contributed by atoms with van der Waals surface area (Å²) in [5.41, 5.74) is 4.62. The topological polar surface area (TPSA) is 78.0 Å². The molecule has 0 radical (unpaired) electrons. The maximum absolute atomic E-state index is 5.71. The Kier molecular flexibility index (Phi) is 5.66. The van der Waals surface area contributed by atoms with Crippen LogP contribution in [0.4, 0.5) is 0 Å². The van der Waals surface area contributed by atoms with E-state index in [-0.39, 0.29) is 6.04 Å². The summed E-state index contributed by atoms with van der Waals surface area (Å²) >= 11 is 3.50. The van der Waals surface area contributed by atoms with Gasteiger partial charge in [0.2, 0.25) is 0 Å². The van der Waals surface area contributed by atoms with Gasteiger partial charge in [0.05, 0.1) is 11.4 Å². The van der Waals surface area contributed by atoms with Gasteiger partial charge in [-0.05, 0) is 40.5 Å². The number of methoxy groups -OCH3 is 1. The Morgan fingerprint density at radius 1 is 1.45 bits per heavy atom. The van der Waals surface area contributed by atoms with Crippen LogP contribution in [0.25, 0.3) is 0 Å². The largest absolute Gasteiger partial charge is 0.385 e. The van der Waals surface area contributed by atoms with E-state index in [2.05, 4.69) is 31.4 Å². The minimum Gasteiger partial charge on any atom is -0.385 e. The second kappa shape index (κ2) is 7.49. The first-order valence-electron chi connectivity index (χ1n) is 6.35. The van der Waals surface area contributed by atoms with Crippen molar-refractivity contribution in [3.63, 3.8) is 0 Å². The fourth-order valence-corrected chi connectivity index (χ4v) is 2.53. The molecule has 108 valence electrons. The normalized spacial score (nSPS) is 12.6. The average molecular weight is 340 g/mol. The third-order valence-electron chi connectivity index (χ3n) is 2.99. The molecule has 3 N–H and O–H groups in total. The van der Waals surface area contributed by atoms with Crippen LogP contribution in [0.15, 0.2) is 35.1 Å². The molecule has 1 atom stereocenters. The van der Waals surface area contributed by atoms with Gasteiger partial charge in [0.25, 0.3) is 0 Å². The first kappa shape index (κ1) is 15.1. The Hall–Kier alpha value is -1.28. The van der Waals surface area contributed by atoms with Gasteiger partial charge in [-0.15, -0.1) is 0 Å². The molecule has 1 unspecified atom stereocenters. The molecule has 0 bridgehead atoms. The molecule has 0 aliphatic carbocycles. The second-order valence-electron chi connectivity index (χ2n) is 4.30. The first-order chi connectivity index (χ1) is 9.77. The number of aryl methyl sites for hydroxylation is 1. The summed E-state index contributed by atoms with van der Waals surface area (Å²) < 4.78 is 7.90. The molecule has 7 heteroatoms. The van der Waals surface area contributed by atoms with Crippen molar-refractivity contribution < 1.29 is 4.74 Å². The molecule has 2 aromatic heterocycles. The zero-order chi connectivity index (χ0) is 14.4. The second-order valence-corrected chi connectivity index (χ2v) is 5.15. The van der Waals surface area contributed by atoms with E-state index in [1.165, 1.54) is 0 Å². The molecule has 0 saturated carbocycles. The number of hydrogen-bond acceptors (Lipinski definition) is 5. The molecule has 2 aromatic rings. The smallest absolute Gasteiger partial charge is 0.106 e. The summed E-state index contributed by atoms with van der Waals surface area (Å²) in [5.74, 6) is 5.71. The van der Waals surface area contributed by atoms with E-state index in [1.807, 2.05) is 22.9 Å². The minimum absolute atomic E-state index is 0.212. The summed E-state index contributed by atoms with van der Waals surface area (Å²) in [6.45, 7) is 1.48. The van der Waals surface area contributed by atoms with Gasteiger partial charge in [0.15, 0.2) is 0 Å². The summed E-state index contributed by atoms with van der Waals surface area (Å²) in [6, 6.07) is 5.55. The molecule has 20 heavy (non-hydrogen) atoms. The van der Waals surface area contributed by atoms with E-state index in [1.54, 1.807) is 19.5 Å². The minimum atomic E-state index is -0.212. The van der Waals surface area contributed by atoms with Crippen molar-refractivity contribution in [2.45, 2.75) is 19.0 Å². The van der Waals surface area contributed by atoms with Crippen molar-refractivity contribution >= 4 is 15.9 Å². The van der Waals surface area contributed by atoms with Crippen molar-refractivity contribution in [1.82, 2.24) is 20.2 Å². The standard InChI is InChI=1S/C13H18BrN5O/c1-20-9-3-8-19-11(5-7-17-19)13(18-15)12-10(14)4-2-6-16-12/h2,4-7,13,18H,3,8-9,15H2,1H3. The number of pyridine rings is 1. The van der Waals surface area contributed by atoms with Gasteiger partial charge >= 0.3 is 0 Å². The van der Waals surface area contributed by atoms with E-state index in [0.29, 0.717) is 6.61 Å². The number of nitrogens with zero attached hydrogens (tertiary/aromatic N) is 3. The van der Waals surface area contributed by atoms with Gasteiger partial charge in [-0.3, -0.25) is 15.5 Å². The zero-order valence-corrected chi connectivity index (χ0v) is 12.9. The molecule has 0 spiro atoms. The lowest BCUT2D eigenvalue weighted by Crippen LogP contribution is -2.31. The lowest BCUT2D eigenvalue weighted by molar-refractivity contribution is 0.188. The van der Waals surface area contributed by atoms with Gasteiger partial charge in [0, 0.05) is 37.1 Å². The average Bonchev–Trinajstić information content (AvgIpc) is 2.91. The molecule has 0 aliphatic rings. The Balaban J connectivity index is 2.24. The Morgan fingerprint density at radius 3 is 3.00 bits per heavy atom. The predicted molar refractivity (Wildman–Crippen MR) is 79.8 cm³/mol. The summed E-state index contributed by atoms with van der Waals surface area (Å²) in [5, 5.41) is 4.33. The number of nitrogens with one attached hydrogen (secondary N) is 1. The van der Waals surface area contributed by atoms with Crippen molar-refractivity contribution in [3.05, 3.63) is 46.5 Å². The Labute approximate surface area is 126 Å². The van der Waals surface area contributed by atoms with E-state index >= 15 is 0 Å². The highest BCUT2D eigenvalue weighted by atomic mass is 79.9. The monoisotopic (exact) mass is 339 g/mol. The summed E-state index contributed by atoms with van der Waals surface area (Å²) in [6.07, 6.45) is 4.41. The molecule has 0 aromatic carbocycles. The number of aromatic nitrogens is 3. The summed E-state index contributed by atoms with van der Waals surface area (Å²) in [4.78, 5) is 4.39. The quantitative estimate of drug-likeness (QED) is 0.455. The predicted octanol–water partition coefficient (Wildman–Crippen LogP) is 1.63. The molecule has 2 heterocycles. The molecule has 0 amide bonds. The number of ether oxygens (including phenoxy) is 1. The molecule has 2 rings (SSSR count). The van der Waals surface area contributed by atoms with E-state index < -0.39 is 0 Å². The molecular weight excluding hydrogens is 322 g/mol. The van der Waals surface area contributed by atoms with Crippen LogP contribution in [0, 0.1) is 0 Å². The third-order valence-corrected chi connectivity index (χ3v) is 3.66. The maximum Gasteiger partial charge on any atom is 0.106 e. The number of rotatable bonds is 7. The molecule has 0 saturated heterocycles. The zero-order valence-electron chi connectivity index (χ0n) is 11.3. The van der Waals surface area contributed by atoms with E-state index in [0.717, 1.165) is 28.8 Å². The van der Waals surface area contributed by atoms with Gasteiger partial charge in [-0.2, -0.15) is 5.10 Å². The lowest BCUT2D eigenvalue weighted by atomic mass is 10.1. The SMILES string of the molecule is COCCCn1nccc1C(NN)c1ncccc1Br. The van der Waals surface area contributed by atoms with Crippen LogP contribution >= 0.6 is 15.9 Å². The van der Waals surface area contributed by atoms with Crippen molar-refractivity contribution in [3.8, 4) is 0 Å². The molecule has 0 aliphatic heterocycles. The van der Waals surface area contributed by atoms with Crippen molar-refractivity contribution in [1.29, 1.82) is 0 Å². The van der Waals surface area contributed by atoms with Crippen molar-refractivity contribution in [2.75, 3.05) is 13.7 Å². The highest BCUT2D eigenvalue weighted by molar-refractivity contribution is 9.10. The fraction of sp³-hybridized carbons (Fsp3) is 0.385. The van der Waals surface area contributed by atoms with Gasteiger partial charge in [-0.25, -0.2) is 5.43 Å². The highest BCUT2D eigenvalue weighted by Gasteiger charge is 2.20. The summed E-state index contributed by atoms with van der Waals surface area (Å²) in [7, 11) is 1.69. The lowest BCUT2D eigenvalue weighted by Gasteiger charge is -2.18. The molecule has 0 fully saturated rings. The fourth-order valence-electron chi connectivity index (χ4n) is 2.05. The van der Waals surface area contributed by atoms with Crippen LogP contribution in [-0.2, 0) is 11.3 Å². The number of halogens is 1. The first-order valence-corrected chi connectivity index (χ1v) is 7.14. The number of hydrazine groups is 1. The Morgan fingerprint density at radius 2 is 2.30 bits per heavy atom. The van der Waals surface area contributed by atoms with Crippen LogP contribution in [0.5, 0.6) is 0 Å². The van der Waals surface area contributed by atoms with Gasteiger partial charge in [0.1, 0.15) is 6.04 Å². The van der Waals surface area contributed by atoms with E-state index in [4.69, 9.17) is 10.6 Å². The number of nitrogens with two attached hydrogens (primary N) is 1. The van der Waals surface area contributed by atoms with Crippen LogP contribution < -0.4 is 11.3 Å². The van der Waals surface area contributed by atoms with Gasteiger partial charge in [-0.1, -0.05) is 0 Å². The van der Waals surface area contributed by atoms with Crippen LogP contribution in [0.2, 0.25) is 0 Å². The molecular formula is C13H18BrN5O. The van der Waals surface area contributed by atoms with E-state index in [9.17, 15) is 0 Å².